The molecule has 0 aliphatic carbocycles. The number of carboxylic acids is 1. The maximum absolute atomic E-state index is 10.6. The third-order valence-electron chi connectivity index (χ3n) is 2.18. The van der Waals surface area contributed by atoms with E-state index in [1.54, 1.807) is 11.8 Å². The zero-order chi connectivity index (χ0) is 12.8. The van der Waals surface area contributed by atoms with Crippen LogP contribution in [-0.4, -0.2) is 22.9 Å². The lowest BCUT2D eigenvalue weighted by Gasteiger charge is -2.07. The van der Waals surface area contributed by atoms with Crippen LogP contribution in [0.25, 0.3) is 0 Å². The van der Waals surface area contributed by atoms with Crippen molar-refractivity contribution >= 4 is 17.7 Å². The average molecular weight is 251 g/mol. The normalized spacial score (nSPS) is 12.1. The molecule has 1 aromatic carbocycles. The van der Waals surface area contributed by atoms with Gasteiger partial charge < -0.3 is 10.8 Å². The van der Waals surface area contributed by atoms with E-state index >= 15 is 0 Å². The van der Waals surface area contributed by atoms with E-state index in [1.807, 2.05) is 31.2 Å². The van der Waals surface area contributed by atoms with Crippen LogP contribution in [0.2, 0.25) is 0 Å². The largest absolute Gasteiger partial charge is 0.480 e. The van der Waals surface area contributed by atoms with Gasteiger partial charge in [-0.25, -0.2) is 0 Å². The molecular formula is C13H17NO2S. The van der Waals surface area contributed by atoms with Crippen LogP contribution < -0.4 is 5.73 Å². The summed E-state index contributed by atoms with van der Waals surface area (Å²) in [4.78, 5) is 11.8. The molecule has 92 valence electrons. The van der Waals surface area contributed by atoms with Crippen molar-refractivity contribution in [2.45, 2.75) is 24.3 Å². The van der Waals surface area contributed by atoms with Crippen molar-refractivity contribution in [1.82, 2.24) is 0 Å². The first-order chi connectivity index (χ1) is 7.99. The molecule has 1 atom stereocenters. The molecule has 17 heavy (non-hydrogen) atoms. The van der Waals surface area contributed by atoms with E-state index in [0.717, 1.165) is 21.8 Å². The molecule has 0 bridgehead atoms. The van der Waals surface area contributed by atoms with Crippen LogP contribution in [0.15, 0.2) is 41.3 Å². The predicted molar refractivity (Wildman–Crippen MR) is 71.3 cm³/mol. The molecule has 4 heteroatoms. The number of nitrogens with two attached hydrogens (primary N) is 1. The van der Waals surface area contributed by atoms with Gasteiger partial charge in [0.25, 0.3) is 0 Å². The van der Waals surface area contributed by atoms with Gasteiger partial charge in [0.05, 0.1) is 0 Å². The van der Waals surface area contributed by atoms with Gasteiger partial charge in [-0.2, -0.15) is 0 Å². The Balaban J connectivity index is 2.55. The molecule has 1 unspecified atom stereocenters. The number of carbonyl (C=O) groups is 1. The second-order valence-corrected chi connectivity index (χ2v) is 5.09. The zero-order valence-corrected chi connectivity index (χ0v) is 10.7. The second-order valence-electron chi connectivity index (χ2n) is 4.04. The number of hydrogen-bond acceptors (Lipinski definition) is 3. The van der Waals surface area contributed by atoms with E-state index in [-0.39, 0.29) is 0 Å². The molecule has 0 saturated carbocycles. The Bertz CT molecular complexity index is 400. The lowest BCUT2D eigenvalue weighted by molar-refractivity contribution is -0.138. The molecular weight excluding hydrogens is 234 g/mol. The first-order valence-electron chi connectivity index (χ1n) is 5.33. The highest BCUT2D eigenvalue weighted by Crippen LogP contribution is 2.20. The minimum atomic E-state index is -0.967. The number of aliphatic carboxylic acids is 1. The van der Waals surface area contributed by atoms with Crippen molar-refractivity contribution in [1.29, 1.82) is 0 Å². The number of rotatable bonds is 6. The lowest BCUT2D eigenvalue weighted by Crippen LogP contribution is -2.32. The summed E-state index contributed by atoms with van der Waals surface area (Å²) in [6.45, 7) is 5.84. The highest BCUT2D eigenvalue weighted by molar-refractivity contribution is 7.99. The number of benzene rings is 1. The van der Waals surface area contributed by atoms with Crippen LogP contribution >= 0.6 is 11.8 Å². The van der Waals surface area contributed by atoms with Crippen LogP contribution in [-0.2, 0) is 11.2 Å². The predicted octanol–water partition coefficient (Wildman–Crippen LogP) is 2.31. The first kappa shape index (κ1) is 13.8. The summed E-state index contributed by atoms with van der Waals surface area (Å²) in [5, 5.41) is 8.70. The quantitative estimate of drug-likeness (QED) is 0.601. The molecule has 0 amide bonds. The molecule has 0 aliphatic rings. The summed E-state index contributed by atoms with van der Waals surface area (Å²) in [6, 6.07) is 6.98. The maximum atomic E-state index is 10.6. The topological polar surface area (TPSA) is 63.3 Å². The maximum Gasteiger partial charge on any atom is 0.320 e. The summed E-state index contributed by atoms with van der Waals surface area (Å²) < 4.78 is 0. The zero-order valence-electron chi connectivity index (χ0n) is 9.85. The second kappa shape index (κ2) is 6.47. The fraction of sp³-hybridized carbons (Fsp3) is 0.308. The number of hydrogen-bond donors (Lipinski definition) is 2. The van der Waals surface area contributed by atoms with Crippen molar-refractivity contribution in [3.63, 3.8) is 0 Å². The van der Waals surface area contributed by atoms with Crippen LogP contribution in [0.3, 0.4) is 0 Å². The first-order valence-corrected chi connectivity index (χ1v) is 6.32. The number of carboxylic acid groups (broad SMARTS) is 1. The van der Waals surface area contributed by atoms with Gasteiger partial charge in [0, 0.05) is 10.6 Å². The molecule has 0 fully saturated rings. The van der Waals surface area contributed by atoms with E-state index in [4.69, 9.17) is 10.8 Å². The van der Waals surface area contributed by atoms with Crippen LogP contribution in [0.4, 0.5) is 0 Å². The Morgan fingerprint density at radius 1 is 1.47 bits per heavy atom. The highest BCUT2D eigenvalue weighted by atomic mass is 32.2. The fourth-order valence-corrected chi connectivity index (χ4v) is 2.01. The molecule has 0 aliphatic heterocycles. The Kier molecular flexibility index (Phi) is 5.25. The van der Waals surface area contributed by atoms with Gasteiger partial charge in [-0.3, -0.25) is 4.79 Å². The smallest absolute Gasteiger partial charge is 0.320 e. The molecule has 3 N–H and O–H groups in total. The monoisotopic (exact) mass is 251 g/mol. The molecule has 0 saturated heterocycles. The van der Waals surface area contributed by atoms with E-state index in [1.165, 1.54) is 0 Å². The summed E-state index contributed by atoms with van der Waals surface area (Å²) in [5.74, 6) is -0.0701. The molecule has 1 rings (SSSR count). The van der Waals surface area contributed by atoms with Crippen molar-refractivity contribution < 1.29 is 9.90 Å². The summed E-state index contributed by atoms with van der Waals surface area (Å²) in [7, 11) is 0. The molecule has 0 radical (unpaired) electrons. The van der Waals surface area contributed by atoms with Crippen LogP contribution in [0.1, 0.15) is 12.5 Å². The van der Waals surface area contributed by atoms with Crippen LogP contribution in [0.5, 0.6) is 0 Å². The van der Waals surface area contributed by atoms with Crippen molar-refractivity contribution in [2.24, 2.45) is 5.73 Å². The molecule has 0 heterocycles. The van der Waals surface area contributed by atoms with E-state index in [2.05, 4.69) is 6.58 Å². The standard InChI is InChI=1S/C13H17NO2S/c1-9(2)8-17-11-5-3-10(4-6-11)7-12(14)13(15)16/h3-6,12H,1,7-8,14H2,2H3,(H,15,16). The lowest BCUT2D eigenvalue weighted by atomic mass is 10.1. The Morgan fingerprint density at radius 2 is 2.06 bits per heavy atom. The Labute approximate surface area is 106 Å². The Hall–Kier alpha value is -1.26. The van der Waals surface area contributed by atoms with Gasteiger partial charge in [0.1, 0.15) is 6.04 Å². The summed E-state index contributed by atoms with van der Waals surface area (Å²) in [6.07, 6.45) is 0.362. The fourth-order valence-electron chi connectivity index (χ4n) is 1.27. The van der Waals surface area contributed by atoms with E-state index in [9.17, 15) is 4.79 Å². The van der Waals surface area contributed by atoms with Gasteiger partial charge in [0.15, 0.2) is 0 Å². The minimum absolute atomic E-state index is 0.362. The van der Waals surface area contributed by atoms with Crippen molar-refractivity contribution in [3.8, 4) is 0 Å². The minimum Gasteiger partial charge on any atom is -0.480 e. The molecule has 1 aromatic rings. The Morgan fingerprint density at radius 3 is 2.53 bits per heavy atom. The average Bonchev–Trinajstić information content (AvgIpc) is 2.28. The van der Waals surface area contributed by atoms with Crippen molar-refractivity contribution in [3.05, 3.63) is 42.0 Å². The molecule has 0 aromatic heterocycles. The van der Waals surface area contributed by atoms with Gasteiger partial charge in [0.2, 0.25) is 0 Å². The van der Waals surface area contributed by atoms with Crippen LogP contribution in [0, 0.1) is 0 Å². The van der Waals surface area contributed by atoms with E-state index in [0.29, 0.717) is 6.42 Å². The third-order valence-corrected chi connectivity index (χ3v) is 3.42. The third kappa shape index (κ3) is 5.06. The van der Waals surface area contributed by atoms with Gasteiger partial charge in [-0.15, -0.1) is 11.8 Å². The van der Waals surface area contributed by atoms with Gasteiger partial charge >= 0.3 is 5.97 Å². The molecule has 3 nitrogen and oxygen atoms in total. The van der Waals surface area contributed by atoms with Gasteiger partial charge in [-0.05, 0) is 31.0 Å². The highest BCUT2D eigenvalue weighted by Gasteiger charge is 2.11. The van der Waals surface area contributed by atoms with Gasteiger partial charge in [-0.1, -0.05) is 24.3 Å². The van der Waals surface area contributed by atoms with E-state index < -0.39 is 12.0 Å². The summed E-state index contributed by atoms with van der Waals surface area (Å²) >= 11 is 1.72. The SMILES string of the molecule is C=C(C)CSc1ccc(CC(N)C(=O)O)cc1. The molecule has 0 spiro atoms. The van der Waals surface area contributed by atoms with Crippen molar-refractivity contribution in [2.75, 3.05) is 5.75 Å². The summed E-state index contributed by atoms with van der Waals surface area (Å²) in [5.41, 5.74) is 7.54. The number of thioether (sulfide) groups is 1.